The van der Waals surface area contributed by atoms with Crippen LogP contribution in [0.2, 0.25) is 0 Å². The predicted octanol–water partition coefficient (Wildman–Crippen LogP) is 3.44. The highest BCUT2D eigenvalue weighted by Crippen LogP contribution is 2.65. The second-order valence-corrected chi connectivity index (χ2v) is 10.6. The van der Waals surface area contributed by atoms with Gasteiger partial charge < -0.3 is 10.1 Å². The Balaban J connectivity index is 1.57. The highest BCUT2D eigenvalue weighted by Gasteiger charge is 2.60. The van der Waals surface area contributed by atoms with E-state index in [0.717, 1.165) is 56.2 Å². The molecule has 1 heterocycles. The number of nitrogens with zero attached hydrogens (tertiary/aromatic N) is 2. The van der Waals surface area contributed by atoms with E-state index in [4.69, 9.17) is 0 Å². The average Bonchev–Trinajstić information content (AvgIpc) is 3.00. The van der Waals surface area contributed by atoms with Crippen molar-refractivity contribution in [2.75, 3.05) is 0 Å². The van der Waals surface area contributed by atoms with Crippen LogP contribution >= 0.6 is 0 Å². The first-order chi connectivity index (χ1) is 13.8. The lowest BCUT2D eigenvalue weighted by Crippen LogP contribution is -2.55. The van der Waals surface area contributed by atoms with Gasteiger partial charge in [0, 0.05) is 5.69 Å². The van der Waals surface area contributed by atoms with E-state index < -0.39 is 5.56 Å². The van der Waals surface area contributed by atoms with Crippen LogP contribution in [0.3, 0.4) is 0 Å². The maximum absolute atomic E-state index is 12.3. The van der Waals surface area contributed by atoms with E-state index >= 15 is 0 Å². The maximum atomic E-state index is 12.3. The number of rotatable bonds is 0. The molecule has 5 nitrogen and oxygen atoms in total. The number of H-pyrrole nitrogens is 1. The molecule has 0 bridgehead atoms. The molecule has 0 radical (unpaired) electrons. The van der Waals surface area contributed by atoms with Crippen molar-refractivity contribution in [2.45, 2.75) is 71.3 Å². The lowest BCUT2D eigenvalue weighted by Gasteiger charge is -2.60. The van der Waals surface area contributed by atoms with E-state index in [0.29, 0.717) is 29.2 Å². The molecule has 0 amide bonds. The molecule has 0 saturated heterocycles. The predicted molar refractivity (Wildman–Crippen MR) is 108 cm³/mol. The van der Waals surface area contributed by atoms with Crippen LogP contribution in [0.15, 0.2) is 4.79 Å². The van der Waals surface area contributed by atoms with Crippen LogP contribution in [0.4, 0.5) is 0 Å². The zero-order chi connectivity index (χ0) is 20.6. The molecule has 0 aromatic carbocycles. The van der Waals surface area contributed by atoms with E-state index in [1.165, 1.54) is 6.42 Å². The molecule has 0 spiro atoms. The van der Waals surface area contributed by atoms with Crippen molar-refractivity contribution >= 4 is 0 Å². The summed E-state index contributed by atoms with van der Waals surface area (Å²) in [6.07, 6.45) is 8.03. The Morgan fingerprint density at radius 1 is 1.00 bits per heavy atom. The van der Waals surface area contributed by atoms with Gasteiger partial charge in [-0.3, -0.25) is 4.79 Å². The van der Waals surface area contributed by atoms with Gasteiger partial charge in [-0.1, -0.05) is 13.8 Å². The molecule has 0 aliphatic heterocycles. The third-order valence-electron chi connectivity index (χ3n) is 9.65. The van der Waals surface area contributed by atoms with Crippen LogP contribution in [0.5, 0.6) is 0 Å². The van der Waals surface area contributed by atoms with Crippen molar-refractivity contribution in [1.82, 2.24) is 4.98 Å². The van der Waals surface area contributed by atoms with Crippen LogP contribution in [0.1, 0.15) is 74.8 Å². The Labute approximate surface area is 171 Å². The highest BCUT2D eigenvalue weighted by atomic mass is 16.3. The maximum Gasteiger partial charge on any atom is 0.267 e. The number of pyridine rings is 1. The number of hydrogen-bond acceptors (Lipinski definition) is 4. The number of aliphatic hydroxyl groups is 1. The lowest BCUT2D eigenvalue weighted by atomic mass is 9.45. The van der Waals surface area contributed by atoms with Crippen LogP contribution < -0.4 is 5.56 Å². The summed E-state index contributed by atoms with van der Waals surface area (Å²) in [7, 11) is 0. The van der Waals surface area contributed by atoms with Gasteiger partial charge >= 0.3 is 0 Å². The van der Waals surface area contributed by atoms with Crippen molar-refractivity contribution < 1.29 is 5.11 Å². The van der Waals surface area contributed by atoms with Crippen LogP contribution in [-0.2, 0) is 12.8 Å². The van der Waals surface area contributed by atoms with Gasteiger partial charge in [-0.2, -0.15) is 10.5 Å². The summed E-state index contributed by atoms with van der Waals surface area (Å²) in [5.41, 5.74) is 1.77. The van der Waals surface area contributed by atoms with Gasteiger partial charge in [0.25, 0.3) is 5.56 Å². The van der Waals surface area contributed by atoms with E-state index in [9.17, 15) is 20.4 Å². The molecule has 29 heavy (non-hydrogen) atoms. The van der Waals surface area contributed by atoms with E-state index in [1.54, 1.807) is 0 Å². The third kappa shape index (κ3) is 2.37. The molecular formula is C24H29N3O2. The molecular weight excluding hydrogens is 362 g/mol. The fraction of sp³-hybridized carbons (Fsp3) is 0.708. The van der Waals surface area contributed by atoms with Gasteiger partial charge in [-0.25, -0.2) is 0 Å². The second kappa shape index (κ2) is 6.19. The molecule has 5 rings (SSSR count). The molecule has 0 unspecified atom stereocenters. The Morgan fingerprint density at radius 3 is 2.45 bits per heavy atom. The van der Waals surface area contributed by atoms with Crippen molar-refractivity contribution in [1.29, 1.82) is 10.5 Å². The molecule has 3 fully saturated rings. The zero-order valence-corrected chi connectivity index (χ0v) is 17.3. The zero-order valence-electron chi connectivity index (χ0n) is 17.3. The van der Waals surface area contributed by atoms with Gasteiger partial charge in [-0.05, 0) is 91.4 Å². The number of aromatic amines is 1. The van der Waals surface area contributed by atoms with Crippen molar-refractivity contribution in [3.8, 4) is 12.1 Å². The van der Waals surface area contributed by atoms with Crippen LogP contribution in [0, 0.1) is 57.2 Å². The molecule has 4 aliphatic carbocycles. The highest BCUT2D eigenvalue weighted by molar-refractivity contribution is 5.52. The molecule has 1 aromatic rings. The van der Waals surface area contributed by atoms with Gasteiger partial charge in [0.1, 0.15) is 17.7 Å². The number of nitriles is 2. The van der Waals surface area contributed by atoms with Gasteiger partial charge in [-0.15, -0.1) is 0 Å². The first-order valence-corrected chi connectivity index (χ1v) is 11.1. The molecule has 2 N–H and O–H groups in total. The second-order valence-electron chi connectivity index (χ2n) is 10.6. The van der Waals surface area contributed by atoms with E-state index in [2.05, 4.69) is 24.9 Å². The number of aliphatic hydroxyl groups excluding tert-OH is 1. The van der Waals surface area contributed by atoms with Crippen molar-refractivity contribution in [2.24, 2.45) is 34.5 Å². The Hall–Kier alpha value is -2.11. The first kappa shape index (κ1) is 18.9. The van der Waals surface area contributed by atoms with Gasteiger partial charge in [0.2, 0.25) is 0 Å². The molecule has 4 aliphatic rings. The summed E-state index contributed by atoms with van der Waals surface area (Å²) in [5, 5.41) is 29.8. The lowest BCUT2D eigenvalue weighted by molar-refractivity contribution is -0.111. The number of nitrogens with one attached hydrogen (secondary N) is 1. The minimum absolute atomic E-state index is 0.0317. The minimum Gasteiger partial charge on any atom is -0.393 e. The largest absolute Gasteiger partial charge is 0.393 e. The normalized spacial score (nSPS) is 42.6. The van der Waals surface area contributed by atoms with E-state index in [-0.39, 0.29) is 22.5 Å². The van der Waals surface area contributed by atoms with Gasteiger partial charge in [0.15, 0.2) is 0 Å². The Morgan fingerprint density at radius 2 is 1.72 bits per heavy atom. The van der Waals surface area contributed by atoms with Crippen LogP contribution in [0.25, 0.3) is 0 Å². The average molecular weight is 392 g/mol. The molecule has 7 atom stereocenters. The standard InChI is InChI=1S/C24H29N3O2/c1-23-8-7-19-14(18(23)5-6-21(23)28)4-3-13-9-20-15(10-24(13,19)2)16(11-25)17(12-26)22(29)27-20/h13-14,18-19,21,28H,3-10H2,1-2H3,(H,27,29)/t13-,14+,18+,19+,21-,23-,24+/m1/s1. The summed E-state index contributed by atoms with van der Waals surface area (Å²) < 4.78 is 0. The van der Waals surface area contributed by atoms with Gasteiger partial charge in [0.05, 0.1) is 11.7 Å². The number of aromatic nitrogens is 1. The molecule has 5 heteroatoms. The van der Waals surface area contributed by atoms with Crippen molar-refractivity contribution in [3.05, 3.63) is 32.7 Å². The third-order valence-corrected chi connectivity index (χ3v) is 9.65. The number of fused-ring (bicyclic) bond motifs is 6. The van der Waals surface area contributed by atoms with Crippen molar-refractivity contribution in [3.63, 3.8) is 0 Å². The fourth-order valence-corrected chi connectivity index (χ4v) is 8.04. The quantitative estimate of drug-likeness (QED) is 0.707. The summed E-state index contributed by atoms with van der Waals surface area (Å²) in [5.74, 6) is 2.32. The SMILES string of the molecule is C[C@]12Cc3c([nH]c(=O)c(C#N)c3C#N)C[C@H]1CC[C@@H]1[C@@H]2CC[C@@]2(C)[C@H](O)CC[C@@H]12. The molecule has 1 aromatic heterocycles. The molecule has 3 saturated carbocycles. The topological polar surface area (TPSA) is 101 Å². The smallest absolute Gasteiger partial charge is 0.267 e. The monoisotopic (exact) mass is 391 g/mol. The molecule has 152 valence electrons. The summed E-state index contributed by atoms with van der Waals surface area (Å²) in [6, 6.07) is 4.13. The Kier molecular flexibility index (Phi) is 4.03. The first-order valence-electron chi connectivity index (χ1n) is 11.1. The summed E-state index contributed by atoms with van der Waals surface area (Å²) in [6.45, 7) is 4.69. The van der Waals surface area contributed by atoms with E-state index in [1.807, 2.05) is 6.07 Å². The Bertz CT molecular complexity index is 1010. The minimum atomic E-state index is -0.423. The summed E-state index contributed by atoms with van der Waals surface area (Å²) >= 11 is 0. The summed E-state index contributed by atoms with van der Waals surface area (Å²) in [4.78, 5) is 15.2. The van der Waals surface area contributed by atoms with Crippen LogP contribution in [-0.4, -0.2) is 16.2 Å². The number of hydrogen-bond donors (Lipinski definition) is 2. The fourth-order valence-electron chi connectivity index (χ4n) is 8.04.